The van der Waals surface area contributed by atoms with Crippen LogP contribution in [-0.4, -0.2) is 11.0 Å². The van der Waals surface area contributed by atoms with E-state index >= 15 is 0 Å². The summed E-state index contributed by atoms with van der Waals surface area (Å²) in [5.41, 5.74) is -1.84. The number of hydrogen-bond acceptors (Lipinski definition) is 2. The number of alkyl halides is 6. The molecule has 1 atom stereocenters. The van der Waals surface area contributed by atoms with Gasteiger partial charge in [0, 0.05) is 12.7 Å². The van der Waals surface area contributed by atoms with E-state index in [1.165, 1.54) is 0 Å². The van der Waals surface area contributed by atoms with Crippen molar-refractivity contribution in [2.24, 2.45) is 0 Å². The Bertz CT molecular complexity index is 1050. The molecule has 4 nitrogen and oxygen atoms in total. The monoisotopic (exact) mass is 453 g/mol. The number of nitrogens with one attached hydrogen (secondary N) is 2. The highest BCUT2D eigenvalue weighted by Gasteiger charge is 2.37. The molecule has 0 aliphatic heterocycles. The molecule has 0 unspecified atom stereocenters. The molecule has 3 rings (SSSR count). The number of pyridine rings is 1. The molecule has 32 heavy (non-hydrogen) atoms. The van der Waals surface area contributed by atoms with Gasteiger partial charge < -0.3 is 10.6 Å². The standard InChI is InChI=1S/C22H17F6N3O/c23-21(24,25)16-10-8-15(9-11-16)18(19-17(22(26,27)28)7-4-12-29-19)31-20(32)30-13-14-5-2-1-3-6-14/h1-12,18H,13H2,(H2,30,31,32)/t18-/m0/s1. The van der Waals surface area contributed by atoms with E-state index in [2.05, 4.69) is 15.6 Å². The molecule has 0 aliphatic rings. The van der Waals surface area contributed by atoms with E-state index in [0.717, 1.165) is 48.2 Å². The molecule has 0 saturated carbocycles. The van der Waals surface area contributed by atoms with Crippen molar-refractivity contribution in [3.05, 3.63) is 101 Å². The molecule has 10 heteroatoms. The van der Waals surface area contributed by atoms with Crippen LogP contribution in [-0.2, 0) is 18.9 Å². The van der Waals surface area contributed by atoms with Crippen LogP contribution in [0.3, 0.4) is 0 Å². The number of rotatable bonds is 5. The van der Waals surface area contributed by atoms with E-state index < -0.39 is 41.2 Å². The van der Waals surface area contributed by atoms with Gasteiger partial charge in [0.1, 0.15) is 0 Å². The van der Waals surface area contributed by atoms with Crippen LogP contribution in [0.25, 0.3) is 0 Å². The van der Waals surface area contributed by atoms with Crippen molar-refractivity contribution in [2.45, 2.75) is 24.9 Å². The molecule has 0 aliphatic carbocycles. The van der Waals surface area contributed by atoms with Crippen LogP contribution in [0.1, 0.15) is 34.0 Å². The maximum atomic E-state index is 13.5. The highest BCUT2D eigenvalue weighted by atomic mass is 19.4. The second-order valence-electron chi connectivity index (χ2n) is 6.80. The Hall–Kier alpha value is -3.56. The van der Waals surface area contributed by atoms with Gasteiger partial charge in [-0.3, -0.25) is 4.98 Å². The van der Waals surface area contributed by atoms with E-state index in [4.69, 9.17) is 0 Å². The number of hydrogen-bond donors (Lipinski definition) is 2. The number of aromatic nitrogens is 1. The molecule has 2 aromatic carbocycles. The Balaban J connectivity index is 1.92. The van der Waals surface area contributed by atoms with Crippen LogP contribution < -0.4 is 10.6 Å². The average molecular weight is 453 g/mol. The van der Waals surface area contributed by atoms with Crippen molar-refractivity contribution in [3.8, 4) is 0 Å². The van der Waals surface area contributed by atoms with Crippen molar-refractivity contribution >= 4 is 6.03 Å². The largest absolute Gasteiger partial charge is 0.418 e. The number of benzene rings is 2. The molecule has 1 aromatic heterocycles. The quantitative estimate of drug-likeness (QED) is 0.487. The Morgan fingerprint density at radius 2 is 1.50 bits per heavy atom. The molecule has 168 valence electrons. The first kappa shape index (κ1) is 23.1. The Morgan fingerprint density at radius 1 is 0.844 bits per heavy atom. The molecule has 2 N–H and O–H groups in total. The van der Waals surface area contributed by atoms with E-state index in [0.29, 0.717) is 0 Å². The number of nitrogens with zero attached hydrogens (tertiary/aromatic N) is 1. The van der Waals surface area contributed by atoms with Gasteiger partial charge in [-0.25, -0.2) is 4.79 Å². The second kappa shape index (κ2) is 9.29. The Labute approximate surface area is 179 Å². The number of amides is 2. The van der Waals surface area contributed by atoms with Crippen molar-refractivity contribution in [3.63, 3.8) is 0 Å². The lowest BCUT2D eigenvalue weighted by molar-refractivity contribution is -0.139. The molecule has 0 saturated heterocycles. The average Bonchev–Trinajstić information content (AvgIpc) is 2.76. The van der Waals surface area contributed by atoms with E-state index in [-0.39, 0.29) is 12.1 Å². The maximum Gasteiger partial charge on any atom is 0.418 e. The first-order valence-corrected chi connectivity index (χ1v) is 9.33. The third-order valence-electron chi connectivity index (χ3n) is 4.56. The minimum Gasteiger partial charge on any atom is -0.334 e. The number of carbonyl (C=O) groups is 1. The molecule has 0 bridgehead atoms. The third-order valence-corrected chi connectivity index (χ3v) is 4.56. The van der Waals surface area contributed by atoms with Gasteiger partial charge in [-0.15, -0.1) is 0 Å². The number of urea groups is 1. The predicted molar refractivity (Wildman–Crippen MR) is 104 cm³/mol. The van der Waals surface area contributed by atoms with E-state index in [1.807, 2.05) is 0 Å². The zero-order valence-electron chi connectivity index (χ0n) is 16.3. The third kappa shape index (κ3) is 5.77. The van der Waals surface area contributed by atoms with E-state index in [1.54, 1.807) is 30.3 Å². The number of halogens is 6. The topological polar surface area (TPSA) is 54.0 Å². The summed E-state index contributed by atoms with van der Waals surface area (Å²) in [4.78, 5) is 16.2. The van der Waals surface area contributed by atoms with Crippen LogP contribution in [0.5, 0.6) is 0 Å². The van der Waals surface area contributed by atoms with Crippen LogP contribution >= 0.6 is 0 Å². The fourth-order valence-electron chi connectivity index (χ4n) is 3.02. The summed E-state index contributed by atoms with van der Waals surface area (Å²) in [6, 6.07) is 11.9. The first-order chi connectivity index (χ1) is 15.1. The van der Waals surface area contributed by atoms with Crippen molar-refractivity contribution in [2.75, 3.05) is 0 Å². The van der Waals surface area contributed by atoms with E-state index in [9.17, 15) is 31.1 Å². The zero-order chi connectivity index (χ0) is 23.4. The second-order valence-corrected chi connectivity index (χ2v) is 6.80. The lowest BCUT2D eigenvalue weighted by atomic mass is 9.98. The smallest absolute Gasteiger partial charge is 0.334 e. The summed E-state index contributed by atoms with van der Waals surface area (Å²) < 4.78 is 79.3. The fourth-order valence-corrected chi connectivity index (χ4v) is 3.02. The SMILES string of the molecule is O=C(NCc1ccccc1)N[C@@H](c1ccc(C(F)(F)F)cc1)c1ncccc1C(F)(F)F. The molecular formula is C22H17F6N3O. The first-order valence-electron chi connectivity index (χ1n) is 9.33. The predicted octanol–water partition coefficient (Wildman–Crippen LogP) is 5.71. The van der Waals surface area contributed by atoms with Gasteiger partial charge in [0.25, 0.3) is 0 Å². The summed E-state index contributed by atoms with van der Waals surface area (Å²) in [5, 5.41) is 4.92. The van der Waals surface area contributed by atoms with Crippen molar-refractivity contribution < 1.29 is 31.1 Å². The molecule has 0 fully saturated rings. The summed E-state index contributed by atoms with van der Waals surface area (Å²) >= 11 is 0. The highest BCUT2D eigenvalue weighted by molar-refractivity contribution is 5.75. The van der Waals surface area contributed by atoms with Crippen LogP contribution in [0.15, 0.2) is 72.9 Å². The molecule has 2 amide bonds. The lowest BCUT2D eigenvalue weighted by Gasteiger charge is -2.23. The summed E-state index contributed by atoms with van der Waals surface area (Å²) in [6.07, 6.45) is -8.28. The van der Waals surface area contributed by atoms with Gasteiger partial charge in [0.05, 0.1) is 22.9 Å². The Kier molecular flexibility index (Phi) is 6.71. The van der Waals surface area contributed by atoms with Gasteiger partial charge in [-0.1, -0.05) is 42.5 Å². The molecule has 0 radical (unpaired) electrons. The highest BCUT2D eigenvalue weighted by Crippen LogP contribution is 2.36. The maximum absolute atomic E-state index is 13.5. The van der Waals surface area contributed by atoms with Gasteiger partial charge in [0.2, 0.25) is 0 Å². The van der Waals surface area contributed by atoms with Crippen LogP contribution in [0.4, 0.5) is 31.1 Å². The molecule has 1 heterocycles. The van der Waals surface area contributed by atoms with Gasteiger partial charge in [-0.05, 0) is 35.4 Å². The van der Waals surface area contributed by atoms with Crippen LogP contribution in [0.2, 0.25) is 0 Å². The summed E-state index contributed by atoms with van der Waals surface area (Å²) in [7, 11) is 0. The van der Waals surface area contributed by atoms with Gasteiger partial charge >= 0.3 is 18.4 Å². The Morgan fingerprint density at radius 3 is 2.09 bits per heavy atom. The van der Waals surface area contributed by atoms with Gasteiger partial charge in [-0.2, -0.15) is 26.3 Å². The minimum absolute atomic E-state index is 0.0112. The lowest BCUT2D eigenvalue weighted by Crippen LogP contribution is -2.39. The summed E-state index contributed by atoms with van der Waals surface area (Å²) in [6.45, 7) is 0.0980. The fraction of sp³-hybridized carbons (Fsp3) is 0.182. The molecular weight excluding hydrogens is 436 g/mol. The number of carbonyl (C=O) groups excluding carboxylic acids is 1. The summed E-state index contributed by atoms with van der Waals surface area (Å²) in [5.74, 6) is 0. The normalized spacial score (nSPS) is 12.8. The van der Waals surface area contributed by atoms with Crippen molar-refractivity contribution in [1.82, 2.24) is 15.6 Å². The van der Waals surface area contributed by atoms with Crippen LogP contribution in [0, 0.1) is 0 Å². The minimum atomic E-state index is -4.78. The zero-order valence-corrected chi connectivity index (χ0v) is 16.3. The molecule has 3 aromatic rings. The molecule has 0 spiro atoms. The van der Waals surface area contributed by atoms with Gasteiger partial charge in [0.15, 0.2) is 0 Å². The van der Waals surface area contributed by atoms with Crippen molar-refractivity contribution in [1.29, 1.82) is 0 Å².